The summed E-state index contributed by atoms with van der Waals surface area (Å²) < 4.78 is 0. The molecule has 0 aromatic carbocycles. The smallest absolute Gasteiger partial charge is 0.231 e. The van der Waals surface area contributed by atoms with Gasteiger partial charge in [-0.2, -0.15) is 0 Å². The van der Waals surface area contributed by atoms with Crippen LogP contribution in [0, 0.1) is 0 Å². The first kappa shape index (κ1) is 13.8. The first-order valence-electron chi connectivity index (χ1n) is 6.70. The zero-order valence-electron chi connectivity index (χ0n) is 11.7. The van der Waals surface area contributed by atoms with Gasteiger partial charge in [0.2, 0.25) is 5.91 Å². The minimum atomic E-state index is -0.244. The quantitative estimate of drug-likeness (QED) is 0.872. The van der Waals surface area contributed by atoms with Crippen LogP contribution >= 0.6 is 0 Å². The Morgan fingerprint density at radius 1 is 1.42 bits per heavy atom. The van der Waals surface area contributed by atoms with Crippen molar-refractivity contribution in [2.24, 2.45) is 5.73 Å². The number of nitrogens with zero attached hydrogens (tertiary/aromatic N) is 3. The molecule has 1 amide bonds. The highest BCUT2D eigenvalue weighted by Gasteiger charge is 2.22. The van der Waals surface area contributed by atoms with Crippen molar-refractivity contribution in [3.05, 3.63) is 24.0 Å². The molecular weight excluding hydrogens is 240 g/mol. The molecule has 0 bridgehead atoms. The number of carbonyl (C=O) groups excluding carboxylic acids is 1. The number of hydrogen-bond donors (Lipinski definition) is 1. The maximum Gasteiger partial charge on any atom is 0.231 e. The Bertz CT molecular complexity index is 422. The fourth-order valence-corrected chi connectivity index (χ4v) is 2.51. The summed E-state index contributed by atoms with van der Waals surface area (Å²) >= 11 is 0. The lowest BCUT2D eigenvalue weighted by Crippen LogP contribution is -2.39. The summed E-state index contributed by atoms with van der Waals surface area (Å²) in [6, 6.07) is 4.22. The molecule has 2 rings (SSSR count). The Morgan fingerprint density at radius 2 is 2.11 bits per heavy atom. The summed E-state index contributed by atoms with van der Waals surface area (Å²) in [5, 5.41) is 0. The summed E-state index contributed by atoms with van der Waals surface area (Å²) in [5.74, 6) is 0.257. The molecule has 1 aromatic rings. The van der Waals surface area contributed by atoms with Gasteiger partial charge in [0.1, 0.15) is 0 Å². The molecule has 1 aliphatic heterocycles. The molecule has 19 heavy (non-hydrogen) atoms. The number of nitrogens with two attached hydrogens (primary N) is 1. The van der Waals surface area contributed by atoms with Gasteiger partial charge < -0.3 is 10.6 Å². The van der Waals surface area contributed by atoms with E-state index >= 15 is 0 Å². The average Bonchev–Trinajstić information content (AvgIpc) is 2.39. The summed E-state index contributed by atoms with van der Waals surface area (Å²) in [6.07, 6.45) is 4.01. The summed E-state index contributed by atoms with van der Waals surface area (Å²) in [5.41, 5.74) is 7.49. The zero-order valence-corrected chi connectivity index (χ0v) is 11.7. The van der Waals surface area contributed by atoms with E-state index in [0.29, 0.717) is 12.5 Å². The van der Waals surface area contributed by atoms with Crippen LogP contribution in [0.15, 0.2) is 18.3 Å². The number of primary amides is 1. The van der Waals surface area contributed by atoms with Crippen LogP contribution in [0.1, 0.15) is 24.5 Å². The molecule has 1 aliphatic rings. The van der Waals surface area contributed by atoms with E-state index in [4.69, 9.17) is 5.73 Å². The number of piperidine rings is 1. The molecule has 0 saturated carbocycles. The van der Waals surface area contributed by atoms with Crippen molar-refractivity contribution in [1.29, 1.82) is 0 Å². The third kappa shape index (κ3) is 3.67. The van der Waals surface area contributed by atoms with Crippen LogP contribution in [0.25, 0.3) is 0 Å². The van der Waals surface area contributed by atoms with Crippen LogP contribution in [-0.2, 0) is 4.79 Å². The van der Waals surface area contributed by atoms with Gasteiger partial charge in [0.15, 0.2) is 0 Å². The van der Waals surface area contributed by atoms with Crippen LogP contribution in [0.2, 0.25) is 0 Å². The van der Waals surface area contributed by atoms with Gasteiger partial charge in [-0.3, -0.25) is 14.7 Å². The minimum Gasteiger partial charge on any atom is -0.376 e. The van der Waals surface area contributed by atoms with Crippen LogP contribution in [0.4, 0.5) is 5.69 Å². The molecule has 0 aliphatic carbocycles. The van der Waals surface area contributed by atoms with Crippen LogP contribution in [-0.4, -0.2) is 49.5 Å². The normalized spacial score (nSPS) is 17.4. The molecule has 0 spiro atoms. The molecule has 2 N–H and O–H groups in total. The minimum absolute atomic E-state index is 0.244. The van der Waals surface area contributed by atoms with Crippen molar-refractivity contribution in [1.82, 2.24) is 9.88 Å². The van der Waals surface area contributed by atoms with Crippen LogP contribution in [0.5, 0.6) is 0 Å². The van der Waals surface area contributed by atoms with Gasteiger partial charge in [0, 0.05) is 25.7 Å². The predicted molar refractivity (Wildman–Crippen MR) is 76.2 cm³/mol. The Labute approximate surface area is 114 Å². The number of amides is 1. The number of likely N-dealkylation sites (tertiary alicyclic amines) is 1. The highest BCUT2D eigenvalue weighted by molar-refractivity contribution is 5.75. The highest BCUT2D eigenvalue weighted by atomic mass is 16.1. The largest absolute Gasteiger partial charge is 0.376 e. The summed E-state index contributed by atoms with van der Waals surface area (Å²) in [4.78, 5) is 19.6. The number of rotatable bonds is 4. The predicted octanol–water partition coefficient (Wildman–Crippen LogP) is 0.812. The van der Waals surface area contributed by atoms with Crippen molar-refractivity contribution in [3.63, 3.8) is 0 Å². The second-order valence-corrected chi connectivity index (χ2v) is 5.35. The molecule has 0 unspecified atom stereocenters. The molecule has 5 nitrogen and oxygen atoms in total. The second kappa shape index (κ2) is 6.02. The second-order valence-electron chi connectivity index (χ2n) is 5.35. The molecule has 1 aromatic heterocycles. The Kier molecular flexibility index (Phi) is 4.37. The van der Waals surface area contributed by atoms with Crippen molar-refractivity contribution in [2.45, 2.75) is 18.8 Å². The highest BCUT2D eigenvalue weighted by Crippen LogP contribution is 2.27. The summed E-state index contributed by atoms with van der Waals surface area (Å²) in [6.45, 7) is 2.22. The summed E-state index contributed by atoms with van der Waals surface area (Å²) in [7, 11) is 4.03. The molecular formula is C14H22N4O. The number of aromatic nitrogens is 1. The number of anilines is 1. The molecule has 5 heteroatoms. The van der Waals surface area contributed by atoms with Crippen LogP contribution in [0.3, 0.4) is 0 Å². The van der Waals surface area contributed by atoms with E-state index in [1.165, 1.54) is 0 Å². The lowest BCUT2D eigenvalue weighted by molar-refractivity contribution is -0.119. The lowest BCUT2D eigenvalue weighted by Gasteiger charge is -2.30. The van der Waals surface area contributed by atoms with Crippen molar-refractivity contribution in [2.75, 3.05) is 38.6 Å². The Balaban J connectivity index is 1.92. The van der Waals surface area contributed by atoms with Gasteiger partial charge in [-0.05, 0) is 38.1 Å². The SMILES string of the molecule is CN(C)c1ccc(C2CCN(CC(N)=O)CC2)nc1. The number of hydrogen-bond acceptors (Lipinski definition) is 4. The third-order valence-electron chi connectivity index (χ3n) is 3.67. The van der Waals surface area contributed by atoms with Crippen LogP contribution < -0.4 is 10.6 Å². The van der Waals surface area contributed by atoms with Crippen molar-refractivity contribution in [3.8, 4) is 0 Å². The molecule has 1 saturated heterocycles. The maximum absolute atomic E-state index is 10.9. The van der Waals surface area contributed by atoms with Gasteiger partial charge in [0.25, 0.3) is 0 Å². The number of carbonyl (C=O) groups is 1. The molecule has 0 radical (unpaired) electrons. The van der Waals surface area contributed by atoms with E-state index in [1.54, 1.807) is 0 Å². The van der Waals surface area contributed by atoms with E-state index in [2.05, 4.69) is 22.0 Å². The van der Waals surface area contributed by atoms with E-state index in [-0.39, 0.29) is 5.91 Å². The molecule has 2 heterocycles. The maximum atomic E-state index is 10.9. The van der Waals surface area contributed by atoms with Gasteiger partial charge >= 0.3 is 0 Å². The first-order chi connectivity index (χ1) is 9.06. The standard InChI is InChI=1S/C14H22N4O/c1-17(2)12-3-4-13(16-9-12)11-5-7-18(8-6-11)10-14(15)19/h3-4,9,11H,5-8,10H2,1-2H3,(H2,15,19). The van der Waals surface area contributed by atoms with E-state index in [1.807, 2.05) is 25.2 Å². The molecule has 104 valence electrons. The third-order valence-corrected chi connectivity index (χ3v) is 3.67. The van der Waals surface area contributed by atoms with E-state index in [9.17, 15) is 4.79 Å². The van der Waals surface area contributed by atoms with Gasteiger partial charge in [-0.15, -0.1) is 0 Å². The first-order valence-corrected chi connectivity index (χ1v) is 6.70. The average molecular weight is 262 g/mol. The fourth-order valence-electron chi connectivity index (χ4n) is 2.51. The monoisotopic (exact) mass is 262 g/mol. The zero-order chi connectivity index (χ0) is 13.8. The van der Waals surface area contributed by atoms with Crippen molar-refractivity contribution >= 4 is 11.6 Å². The van der Waals surface area contributed by atoms with E-state index in [0.717, 1.165) is 37.3 Å². The van der Waals surface area contributed by atoms with E-state index < -0.39 is 0 Å². The van der Waals surface area contributed by atoms with Gasteiger partial charge in [-0.1, -0.05) is 0 Å². The molecule has 0 atom stereocenters. The number of pyridine rings is 1. The van der Waals surface area contributed by atoms with Gasteiger partial charge in [0.05, 0.1) is 18.4 Å². The van der Waals surface area contributed by atoms with Gasteiger partial charge in [-0.25, -0.2) is 0 Å². The Morgan fingerprint density at radius 3 is 2.58 bits per heavy atom. The fraction of sp³-hybridized carbons (Fsp3) is 0.571. The Hall–Kier alpha value is -1.62. The molecule has 1 fully saturated rings. The topological polar surface area (TPSA) is 62.5 Å². The lowest BCUT2D eigenvalue weighted by atomic mass is 9.93. The van der Waals surface area contributed by atoms with Crippen molar-refractivity contribution < 1.29 is 4.79 Å².